The van der Waals surface area contributed by atoms with Crippen LogP contribution in [0.15, 0.2) is 9.98 Å². The van der Waals surface area contributed by atoms with Crippen LogP contribution in [0.1, 0.15) is 77.0 Å². The predicted molar refractivity (Wildman–Crippen MR) is 120 cm³/mol. The molecule has 0 aromatic rings. The first-order valence-corrected chi connectivity index (χ1v) is 11.3. The number of rotatable bonds is 18. The summed E-state index contributed by atoms with van der Waals surface area (Å²) >= 11 is 0. The highest BCUT2D eigenvalue weighted by molar-refractivity contribution is 6.48. The van der Waals surface area contributed by atoms with E-state index in [1.165, 1.54) is 0 Å². The minimum Gasteiger partial charge on any atom is -0.330 e. The zero-order chi connectivity index (χ0) is 23.1. The fourth-order valence-corrected chi connectivity index (χ4v) is 3.19. The molecule has 10 nitrogen and oxygen atoms in total. The molecule has 1 aliphatic rings. The minimum atomic E-state index is -1.33. The maximum Gasteiger partial charge on any atom is 0.208 e. The van der Waals surface area contributed by atoms with Crippen LogP contribution in [-0.4, -0.2) is 65.1 Å². The normalized spacial score (nSPS) is 16.1. The number of aliphatic imine (C=N–C) groups is 2. The Labute approximate surface area is 184 Å². The Kier molecular flexibility index (Phi) is 13.7. The van der Waals surface area contributed by atoms with E-state index >= 15 is 0 Å². The van der Waals surface area contributed by atoms with Crippen LogP contribution in [0.4, 0.5) is 0 Å². The van der Waals surface area contributed by atoms with Gasteiger partial charge in [0.2, 0.25) is 12.0 Å². The van der Waals surface area contributed by atoms with Crippen LogP contribution in [0.2, 0.25) is 0 Å². The molecule has 1 atom stereocenters. The third-order valence-electron chi connectivity index (χ3n) is 5.04. The molecule has 31 heavy (non-hydrogen) atoms. The molecule has 0 saturated carbocycles. The zero-order valence-electron chi connectivity index (χ0n) is 18.4. The van der Waals surface area contributed by atoms with Gasteiger partial charge in [-0.2, -0.15) is 0 Å². The van der Waals surface area contributed by atoms with Crippen molar-refractivity contribution in [1.29, 1.82) is 0 Å². The second kappa shape index (κ2) is 15.7. The molecule has 0 saturated heterocycles. The number of nitrogens with two attached hydrogens (primary N) is 3. The lowest BCUT2D eigenvalue weighted by atomic mass is 10.1. The molecule has 10 heteroatoms. The van der Waals surface area contributed by atoms with Crippen molar-refractivity contribution in [3.05, 3.63) is 0 Å². The number of ketones is 3. The molecule has 0 aromatic carbocycles. The van der Waals surface area contributed by atoms with Crippen molar-refractivity contribution >= 4 is 29.0 Å². The average Bonchev–Trinajstić information content (AvgIpc) is 2.77. The molecule has 0 bridgehead atoms. The summed E-state index contributed by atoms with van der Waals surface area (Å²) < 4.78 is 0. The Morgan fingerprint density at radius 3 is 1.74 bits per heavy atom. The fraction of sp³-hybridized carbons (Fsp3) is 0.762. The molecule has 0 aromatic heterocycles. The van der Waals surface area contributed by atoms with E-state index in [1.54, 1.807) is 0 Å². The summed E-state index contributed by atoms with van der Waals surface area (Å²) in [5, 5.41) is 11.0. The monoisotopic (exact) mass is 438 g/mol. The number of hydroxylamine groups is 2. The van der Waals surface area contributed by atoms with Gasteiger partial charge in [0.05, 0.1) is 0 Å². The number of hydrogen-bond donors (Lipinski definition) is 4. The highest BCUT2D eigenvalue weighted by atomic mass is 16.5. The molecule has 1 aliphatic heterocycles. The third-order valence-corrected chi connectivity index (χ3v) is 5.04. The Morgan fingerprint density at radius 2 is 1.23 bits per heavy atom. The molecular formula is C21H38N6O4. The maximum atomic E-state index is 12.7. The molecule has 176 valence electrons. The molecule has 0 amide bonds. The van der Waals surface area contributed by atoms with Crippen molar-refractivity contribution in [3.63, 3.8) is 0 Å². The van der Waals surface area contributed by atoms with E-state index < -0.39 is 11.9 Å². The molecule has 1 unspecified atom stereocenters. The van der Waals surface area contributed by atoms with Crippen LogP contribution >= 0.6 is 0 Å². The van der Waals surface area contributed by atoms with Gasteiger partial charge in [-0.15, -0.1) is 0 Å². The number of hydrogen-bond acceptors (Lipinski definition) is 10. The SMILES string of the molecule is NCCCCCC(=O)C1=NC(C(=O)CCCCCN)N(O)C(C(=O)CCCCCN)=N1. The minimum absolute atomic E-state index is 0.144. The van der Waals surface area contributed by atoms with E-state index in [2.05, 4.69) is 9.98 Å². The quantitative estimate of drug-likeness (QED) is 0.230. The van der Waals surface area contributed by atoms with Gasteiger partial charge in [0.1, 0.15) is 0 Å². The third kappa shape index (κ3) is 9.77. The van der Waals surface area contributed by atoms with Gasteiger partial charge in [0.15, 0.2) is 23.2 Å². The lowest BCUT2D eigenvalue weighted by molar-refractivity contribution is -0.136. The number of amidine groups is 2. The lowest BCUT2D eigenvalue weighted by Crippen LogP contribution is -2.49. The largest absolute Gasteiger partial charge is 0.330 e. The van der Waals surface area contributed by atoms with Crippen molar-refractivity contribution in [1.82, 2.24) is 5.06 Å². The molecule has 0 aliphatic carbocycles. The standard InChI is InChI=1S/C21H38N6O4/c22-13-7-1-4-10-16(28)19-25-20(17(29)11-5-2-8-14-23)27(31)21(26-19)18(30)12-6-3-9-15-24/h20,31H,1-15,22-24H2. The van der Waals surface area contributed by atoms with E-state index in [4.69, 9.17) is 17.2 Å². The van der Waals surface area contributed by atoms with Gasteiger partial charge in [-0.25, -0.2) is 15.0 Å². The second-order valence-electron chi connectivity index (χ2n) is 7.72. The molecule has 1 heterocycles. The number of unbranched alkanes of at least 4 members (excludes halogenated alkanes) is 6. The Bertz CT molecular complexity index is 650. The van der Waals surface area contributed by atoms with Gasteiger partial charge in [0, 0.05) is 19.3 Å². The zero-order valence-corrected chi connectivity index (χ0v) is 18.4. The van der Waals surface area contributed by atoms with Crippen LogP contribution in [-0.2, 0) is 14.4 Å². The number of carbonyl (C=O) groups excluding carboxylic acids is 3. The van der Waals surface area contributed by atoms with Crippen molar-refractivity contribution < 1.29 is 19.6 Å². The Balaban J connectivity index is 2.91. The van der Waals surface area contributed by atoms with Crippen LogP contribution < -0.4 is 17.2 Å². The van der Waals surface area contributed by atoms with Crippen molar-refractivity contribution in [3.8, 4) is 0 Å². The average molecular weight is 439 g/mol. The molecular weight excluding hydrogens is 400 g/mol. The summed E-state index contributed by atoms with van der Waals surface area (Å²) in [6, 6.07) is 0. The fourth-order valence-electron chi connectivity index (χ4n) is 3.19. The topological polar surface area (TPSA) is 177 Å². The molecule has 0 fully saturated rings. The summed E-state index contributed by atoms with van der Waals surface area (Å²) in [6.45, 7) is 1.63. The number of nitrogens with zero attached hydrogens (tertiary/aromatic N) is 3. The number of carbonyl (C=O) groups is 3. The molecule has 0 radical (unpaired) electrons. The van der Waals surface area contributed by atoms with Crippen molar-refractivity contribution in [2.75, 3.05) is 19.6 Å². The van der Waals surface area contributed by atoms with Crippen LogP contribution in [0.3, 0.4) is 0 Å². The van der Waals surface area contributed by atoms with Gasteiger partial charge < -0.3 is 17.2 Å². The molecule has 7 N–H and O–H groups in total. The smallest absolute Gasteiger partial charge is 0.208 e. The first kappa shape index (κ1) is 27.0. The molecule has 1 rings (SSSR count). The predicted octanol–water partition coefficient (Wildman–Crippen LogP) is 1.08. The van der Waals surface area contributed by atoms with Crippen LogP contribution in [0.25, 0.3) is 0 Å². The van der Waals surface area contributed by atoms with Crippen molar-refractivity contribution in [2.45, 2.75) is 83.2 Å². The second-order valence-corrected chi connectivity index (χ2v) is 7.72. The first-order valence-electron chi connectivity index (χ1n) is 11.3. The van der Waals surface area contributed by atoms with E-state index in [9.17, 15) is 19.6 Å². The van der Waals surface area contributed by atoms with E-state index in [0.29, 0.717) is 44.0 Å². The summed E-state index contributed by atoms with van der Waals surface area (Å²) in [7, 11) is 0. The van der Waals surface area contributed by atoms with E-state index in [0.717, 1.165) is 38.5 Å². The summed E-state index contributed by atoms with van der Waals surface area (Å²) in [5.74, 6) is -1.61. The van der Waals surface area contributed by atoms with Gasteiger partial charge in [0.25, 0.3) is 0 Å². The summed E-state index contributed by atoms with van der Waals surface area (Å²) in [5.41, 5.74) is 16.4. The Hall–Kier alpha value is -2.01. The van der Waals surface area contributed by atoms with Gasteiger partial charge in [-0.05, 0) is 58.2 Å². The van der Waals surface area contributed by atoms with Crippen molar-refractivity contribution in [2.24, 2.45) is 27.2 Å². The summed E-state index contributed by atoms with van der Waals surface area (Å²) in [4.78, 5) is 46.0. The maximum absolute atomic E-state index is 12.7. The number of Topliss-reactive ketones (excluding diaryl/α,β-unsaturated/α-hetero) is 3. The van der Waals surface area contributed by atoms with Crippen LogP contribution in [0, 0.1) is 0 Å². The molecule has 0 spiro atoms. The highest BCUT2D eigenvalue weighted by Crippen LogP contribution is 2.16. The van der Waals surface area contributed by atoms with Gasteiger partial charge in [-0.1, -0.05) is 19.3 Å². The highest BCUT2D eigenvalue weighted by Gasteiger charge is 2.35. The van der Waals surface area contributed by atoms with Crippen LogP contribution in [0.5, 0.6) is 0 Å². The van der Waals surface area contributed by atoms with Gasteiger partial charge in [-0.3, -0.25) is 19.6 Å². The lowest BCUT2D eigenvalue weighted by Gasteiger charge is -2.27. The van der Waals surface area contributed by atoms with E-state index in [1.807, 2.05) is 0 Å². The first-order chi connectivity index (χ1) is 15.0. The summed E-state index contributed by atoms with van der Waals surface area (Å²) in [6.07, 6.45) is 5.71. The van der Waals surface area contributed by atoms with E-state index in [-0.39, 0.29) is 42.5 Å². The Morgan fingerprint density at radius 1 is 0.742 bits per heavy atom. The van der Waals surface area contributed by atoms with Gasteiger partial charge >= 0.3 is 0 Å².